The molecule has 1 unspecified atom stereocenters. The molecule has 124 valence electrons. The highest BCUT2D eigenvalue weighted by molar-refractivity contribution is 5.92. The quantitative estimate of drug-likeness (QED) is 0.770. The van der Waals surface area contributed by atoms with Crippen molar-refractivity contribution in [3.8, 4) is 0 Å². The summed E-state index contributed by atoms with van der Waals surface area (Å²) in [6.45, 7) is 3.27. The van der Waals surface area contributed by atoms with Crippen molar-refractivity contribution in [2.24, 2.45) is 0 Å². The van der Waals surface area contributed by atoms with Gasteiger partial charge in [0, 0.05) is 19.2 Å². The van der Waals surface area contributed by atoms with Crippen LogP contribution in [0.5, 0.6) is 0 Å². The van der Waals surface area contributed by atoms with E-state index in [1.54, 1.807) is 13.0 Å². The Bertz CT molecular complexity index is 611. The Kier molecular flexibility index (Phi) is 6.31. The van der Waals surface area contributed by atoms with Gasteiger partial charge in [-0.2, -0.15) is 0 Å². The molecule has 1 aromatic carbocycles. The molecule has 2 rings (SSSR count). The minimum Gasteiger partial charge on any atom is -0.392 e. The highest BCUT2D eigenvalue weighted by Gasteiger charge is 2.14. The topological polar surface area (TPSA) is 78.6 Å². The van der Waals surface area contributed by atoms with Crippen molar-refractivity contribution in [1.29, 1.82) is 0 Å². The Hall–Kier alpha value is -2.18. The van der Waals surface area contributed by atoms with Gasteiger partial charge in [-0.1, -0.05) is 35.5 Å². The van der Waals surface area contributed by atoms with E-state index in [1.165, 1.54) is 5.56 Å². The zero-order chi connectivity index (χ0) is 16.7. The summed E-state index contributed by atoms with van der Waals surface area (Å²) in [5, 5.41) is 15.5. The molecule has 0 aliphatic heterocycles. The molecule has 0 aliphatic rings. The normalized spacial score (nSPS) is 12.3. The van der Waals surface area contributed by atoms with E-state index in [9.17, 15) is 4.79 Å². The lowest BCUT2D eigenvalue weighted by Gasteiger charge is -2.14. The zero-order valence-electron chi connectivity index (χ0n) is 13.5. The molecule has 0 saturated heterocycles. The van der Waals surface area contributed by atoms with Crippen LogP contribution in [0.1, 0.15) is 28.7 Å². The van der Waals surface area contributed by atoms with Crippen LogP contribution in [0.25, 0.3) is 0 Å². The van der Waals surface area contributed by atoms with Gasteiger partial charge in [-0.05, 0) is 26.0 Å². The summed E-state index contributed by atoms with van der Waals surface area (Å²) >= 11 is 0. The van der Waals surface area contributed by atoms with Crippen LogP contribution >= 0.6 is 0 Å². The fourth-order valence-electron chi connectivity index (χ4n) is 2.14. The fourth-order valence-corrected chi connectivity index (χ4v) is 2.14. The van der Waals surface area contributed by atoms with E-state index in [0.717, 1.165) is 13.0 Å². The molecule has 2 N–H and O–H groups in total. The maximum Gasteiger partial charge on any atom is 0.273 e. The van der Waals surface area contributed by atoms with Gasteiger partial charge in [0.15, 0.2) is 11.5 Å². The molecule has 0 spiro atoms. The third-order valence-corrected chi connectivity index (χ3v) is 3.40. The van der Waals surface area contributed by atoms with Crippen LogP contribution in [0.3, 0.4) is 0 Å². The van der Waals surface area contributed by atoms with E-state index in [2.05, 4.69) is 27.5 Å². The number of aliphatic hydroxyl groups is 1. The van der Waals surface area contributed by atoms with Crippen LogP contribution in [-0.2, 0) is 13.0 Å². The van der Waals surface area contributed by atoms with Crippen LogP contribution in [-0.4, -0.2) is 47.3 Å². The average molecular weight is 317 g/mol. The highest BCUT2D eigenvalue weighted by atomic mass is 16.5. The first-order valence-corrected chi connectivity index (χ1v) is 7.69. The van der Waals surface area contributed by atoms with Crippen molar-refractivity contribution in [1.82, 2.24) is 15.4 Å². The number of nitrogens with zero attached hydrogens (tertiary/aromatic N) is 2. The van der Waals surface area contributed by atoms with Gasteiger partial charge in [0.05, 0.1) is 12.6 Å². The maximum absolute atomic E-state index is 11.8. The van der Waals surface area contributed by atoms with Crippen LogP contribution in [0.15, 0.2) is 40.9 Å². The summed E-state index contributed by atoms with van der Waals surface area (Å²) in [5.41, 5.74) is 1.52. The van der Waals surface area contributed by atoms with E-state index in [4.69, 9.17) is 9.63 Å². The Morgan fingerprint density at radius 2 is 2.13 bits per heavy atom. The molecule has 0 saturated carbocycles. The Morgan fingerprint density at radius 3 is 2.83 bits per heavy atom. The van der Waals surface area contributed by atoms with Crippen molar-refractivity contribution in [2.45, 2.75) is 26.0 Å². The molecule has 2 aromatic rings. The van der Waals surface area contributed by atoms with Gasteiger partial charge in [0.2, 0.25) is 0 Å². The third kappa shape index (κ3) is 5.84. The number of carbonyl (C=O) groups is 1. The van der Waals surface area contributed by atoms with Crippen LogP contribution in [0, 0.1) is 0 Å². The molecule has 6 heteroatoms. The van der Waals surface area contributed by atoms with Crippen molar-refractivity contribution in [3.63, 3.8) is 0 Å². The number of hydrogen-bond donors (Lipinski definition) is 2. The molecule has 1 amide bonds. The van der Waals surface area contributed by atoms with E-state index >= 15 is 0 Å². The molecule has 0 bridgehead atoms. The van der Waals surface area contributed by atoms with Crippen molar-refractivity contribution in [3.05, 3.63) is 53.4 Å². The van der Waals surface area contributed by atoms with Gasteiger partial charge in [0.25, 0.3) is 5.91 Å². The number of nitrogens with one attached hydrogen (secondary N) is 1. The summed E-state index contributed by atoms with van der Waals surface area (Å²) in [6, 6.07) is 11.9. The number of likely N-dealkylation sites (N-methyl/N-ethyl adjacent to an activating group) is 1. The van der Waals surface area contributed by atoms with Gasteiger partial charge in [-0.3, -0.25) is 9.69 Å². The lowest BCUT2D eigenvalue weighted by molar-refractivity contribution is 0.0915. The second-order valence-corrected chi connectivity index (χ2v) is 5.71. The fraction of sp³-hybridized carbons (Fsp3) is 0.412. The van der Waals surface area contributed by atoms with Crippen molar-refractivity contribution >= 4 is 5.91 Å². The SMILES string of the molecule is CC(O)CNC(=O)c1cc(CN(C)CCc2ccccc2)on1. The summed E-state index contributed by atoms with van der Waals surface area (Å²) in [6.07, 6.45) is 0.363. The van der Waals surface area contributed by atoms with Gasteiger partial charge in [-0.25, -0.2) is 0 Å². The zero-order valence-corrected chi connectivity index (χ0v) is 13.5. The standard InChI is InChI=1S/C17H23N3O3/c1-13(21)11-18-17(22)16-10-15(23-19-16)12-20(2)9-8-14-6-4-3-5-7-14/h3-7,10,13,21H,8-9,11-12H2,1-2H3,(H,18,22). The van der Waals surface area contributed by atoms with E-state index in [0.29, 0.717) is 12.3 Å². The molecule has 0 aliphatic carbocycles. The van der Waals surface area contributed by atoms with Crippen LogP contribution in [0.4, 0.5) is 0 Å². The van der Waals surface area contributed by atoms with Crippen LogP contribution in [0.2, 0.25) is 0 Å². The highest BCUT2D eigenvalue weighted by Crippen LogP contribution is 2.08. The number of hydrogen-bond acceptors (Lipinski definition) is 5. The molecule has 1 atom stereocenters. The van der Waals surface area contributed by atoms with Crippen molar-refractivity contribution < 1.29 is 14.4 Å². The molecular weight excluding hydrogens is 294 g/mol. The van der Waals surface area contributed by atoms with Gasteiger partial charge in [0.1, 0.15) is 0 Å². The first-order valence-electron chi connectivity index (χ1n) is 7.69. The molecular formula is C17H23N3O3. The number of rotatable bonds is 8. The Balaban J connectivity index is 1.80. The number of aliphatic hydroxyl groups excluding tert-OH is 1. The lowest BCUT2D eigenvalue weighted by Crippen LogP contribution is -2.30. The van der Waals surface area contributed by atoms with E-state index < -0.39 is 6.10 Å². The molecule has 0 radical (unpaired) electrons. The monoisotopic (exact) mass is 317 g/mol. The predicted molar refractivity (Wildman–Crippen MR) is 87.0 cm³/mol. The minimum atomic E-state index is -0.588. The first kappa shape index (κ1) is 17.2. The summed E-state index contributed by atoms with van der Waals surface area (Å²) in [7, 11) is 2.00. The summed E-state index contributed by atoms with van der Waals surface area (Å²) < 4.78 is 5.20. The van der Waals surface area contributed by atoms with Gasteiger partial charge in [-0.15, -0.1) is 0 Å². The molecule has 1 heterocycles. The number of aromatic nitrogens is 1. The largest absolute Gasteiger partial charge is 0.392 e. The van der Waals surface area contributed by atoms with Gasteiger partial charge < -0.3 is 14.9 Å². The third-order valence-electron chi connectivity index (χ3n) is 3.40. The molecule has 0 fully saturated rings. The smallest absolute Gasteiger partial charge is 0.273 e. The summed E-state index contributed by atoms with van der Waals surface area (Å²) in [4.78, 5) is 13.9. The Morgan fingerprint density at radius 1 is 1.39 bits per heavy atom. The van der Waals surface area contributed by atoms with E-state index in [-0.39, 0.29) is 18.1 Å². The second-order valence-electron chi connectivity index (χ2n) is 5.71. The molecule has 23 heavy (non-hydrogen) atoms. The number of amides is 1. The van der Waals surface area contributed by atoms with E-state index in [1.807, 2.05) is 25.2 Å². The van der Waals surface area contributed by atoms with Crippen LogP contribution < -0.4 is 5.32 Å². The number of carbonyl (C=O) groups excluding carboxylic acids is 1. The summed E-state index contributed by atoms with van der Waals surface area (Å²) in [5.74, 6) is 0.301. The molecule has 6 nitrogen and oxygen atoms in total. The minimum absolute atomic E-state index is 0.192. The predicted octanol–water partition coefficient (Wildman–Crippen LogP) is 1.46. The number of benzene rings is 1. The second kappa shape index (κ2) is 8.45. The Labute approximate surface area is 136 Å². The van der Waals surface area contributed by atoms with Gasteiger partial charge >= 0.3 is 0 Å². The average Bonchev–Trinajstić information content (AvgIpc) is 3.00. The van der Waals surface area contributed by atoms with Crippen molar-refractivity contribution in [2.75, 3.05) is 20.1 Å². The molecule has 1 aromatic heterocycles. The first-order chi connectivity index (χ1) is 11.0. The lowest BCUT2D eigenvalue weighted by atomic mass is 10.1. The maximum atomic E-state index is 11.8.